The largest absolute Gasteiger partial charge is 0.462 e. The summed E-state index contributed by atoms with van der Waals surface area (Å²) in [6.45, 7) is 3.96. The first-order valence-electron chi connectivity index (χ1n) is 11.5. The molecule has 0 bridgehead atoms. The maximum Gasteiger partial charge on any atom is 0.338 e. The number of ether oxygens (including phenoxy) is 2. The first-order valence-corrected chi connectivity index (χ1v) is 11.8. The lowest BCUT2D eigenvalue weighted by Gasteiger charge is -2.17. The van der Waals surface area contributed by atoms with Gasteiger partial charge < -0.3 is 9.47 Å². The van der Waals surface area contributed by atoms with Gasteiger partial charge >= 0.3 is 11.9 Å². The number of esters is 2. The van der Waals surface area contributed by atoms with Crippen LogP contribution in [-0.2, 0) is 9.47 Å². The van der Waals surface area contributed by atoms with Gasteiger partial charge in [0.1, 0.15) is 0 Å². The summed E-state index contributed by atoms with van der Waals surface area (Å²) in [7, 11) is 0. The zero-order valence-electron chi connectivity index (χ0n) is 19.6. The maximum atomic E-state index is 13.0. The second-order valence-corrected chi connectivity index (χ2v) is 8.21. The van der Waals surface area contributed by atoms with E-state index < -0.39 is 11.9 Å². The molecule has 0 aliphatic heterocycles. The van der Waals surface area contributed by atoms with Crippen molar-refractivity contribution in [2.24, 2.45) is 0 Å². The molecule has 0 aliphatic rings. The number of halogens is 1. The molecule has 0 fully saturated rings. The molecule has 0 spiro atoms. The number of hydrogen-bond acceptors (Lipinski definition) is 4. The molecular formula is C30H25ClO4. The molecule has 0 heterocycles. The van der Waals surface area contributed by atoms with Crippen molar-refractivity contribution in [2.45, 2.75) is 13.8 Å². The fourth-order valence-electron chi connectivity index (χ4n) is 3.97. The van der Waals surface area contributed by atoms with Crippen LogP contribution in [0, 0.1) is 0 Å². The lowest BCUT2D eigenvalue weighted by Crippen LogP contribution is -2.12. The quantitative estimate of drug-likeness (QED) is 0.252. The molecule has 5 heteroatoms. The van der Waals surface area contributed by atoms with Crippen molar-refractivity contribution < 1.29 is 19.1 Å². The Balaban J connectivity index is 1.92. The normalized spacial score (nSPS) is 10.6. The average molecular weight is 485 g/mol. The topological polar surface area (TPSA) is 52.6 Å². The summed E-state index contributed by atoms with van der Waals surface area (Å²) in [4.78, 5) is 26.0. The third-order valence-corrected chi connectivity index (χ3v) is 5.95. The van der Waals surface area contributed by atoms with Crippen LogP contribution in [-0.4, -0.2) is 25.2 Å². The highest BCUT2D eigenvalue weighted by atomic mass is 35.5. The predicted octanol–water partition coefficient (Wildman–Crippen LogP) is 7.69. The standard InChI is InChI=1S/C30H25ClO4/c1-3-34-29(32)26-19-25(23-12-8-9-13-28(23)31)27(30(33)35-4-2)18-24(26)22-16-14-21(15-17-22)20-10-6-5-7-11-20/h5-19H,3-4H2,1-2H3. The molecule has 0 amide bonds. The molecule has 0 aromatic heterocycles. The van der Waals surface area contributed by atoms with Crippen LogP contribution in [0.15, 0.2) is 91.0 Å². The molecule has 0 N–H and O–H groups in total. The van der Waals surface area contributed by atoms with Gasteiger partial charge in [-0.05, 0) is 59.9 Å². The van der Waals surface area contributed by atoms with Crippen LogP contribution < -0.4 is 0 Å². The van der Waals surface area contributed by atoms with Gasteiger partial charge in [-0.15, -0.1) is 0 Å². The van der Waals surface area contributed by atoms with Crippen molar-refractivity contribution in [1.82, 2.24) is 0 Å². The summed E-state index contributed by atoms with van der Waals surface area (Å²) in [6, 6.07) is 28.4. The summed E-state index contributed by atoms with van der Waals surface area (Å²) < 4.78 is 10.7. The van der Waals surface area contributed by atoms with Gasteiger partial charge in [0.25, 0.3) is 0 Å². The van der Waals surface area contributed by atoms with E-state index in [1.807, 2.05) is 72.8 Å². The molecule has 4 aromatic rings. The number of carbonyl (C=O) groups is 2. The zero-order chi connectivity index (χ0) is 24.8. The van der Waals surface area contributed by atoms with Crippen molar-refractivity contribution in [3.05, 3.63) is 107 Å². The van der Waals surface area contributed by atoms with Crippen LogP contribution in [0.25, 0.3) is 33.4 Å². The van der Waals surface area contributed by atoms with Crippen LogP contribution in [0.5, 0.6) is 0 Å². The van der Waals surface area contributed by atoms with Crippen molar-refractivity contribution in [3.8, 4) is 33.4 Å². The highest BCUT2D eigenvalue weighted by molar-refractivity contribution is 6.33. The Bertz CT molecular complexity index is 1340. The monoisotopic (exact) mass is 484 g/mol. The smallest absolute Gasteiger partial charge is 0.338 e. The molecule has 0 unspecified atom stereocenters. The van der Waals surface area contributed by atoms with E-state index in [1.54, 1.807) is 32.0 Å². The average Bonchev–Trinajstić information content (AvgIpc) is 2.89. The minimum atomic E-state index is -0.486. The number of benzene rings is 4. The zero-order valence-corrected chi connectivity index (χ0v) is 20.3. The number of rotatable bonds is 7. The Morgan fingerprint density at radius 3 is 1.69 bits per heavy atom. The third kappa shape index (κ3) is 5.28. The fourth-order valence-corrected chi connectivity index (χ4v) is 4.21. The lowest BCUT2D eigenvalue weighted by atomic mass is 9.90. The SMILES string of the molecule is CCOC(=O)c1cc(-c2ccccc2Cl)c(C(=O)OCC)cc1-c1ccc(-c2ccccc2)cc1. The molecule has 176 valence electrons. The summed E-state index contributed by atoms with van der Waals surface area (Å²) in [6.07, 6.45) is 0. The van der Waals surface area contributed by atoms with Gasteiger partial charge in [0.2, 0.25) is 0 Å². The number of carbonyl (C=O) groups excluding carboxylic acids is 2. The third-order valence-electron chi connectivity index (χ3n) is 5.62. The Labute approximate surface area is 210 Å². The second kappa shape index (κ2) is 11.0. The van der Waals surface area contributed by atoms with Crippen molar-refractivity contribution in [1.29, 1.82) is 0 Å². The highest BCUT2D eigenvalue weighted by Gasteiger charge is 2.23. The second-order valence-electron chi connectivity index (χ2n) is 7.81. The molecule has 0 saturated heterocycles. The Hall–Kier alpha value is -3.89. The van der Waals surface area contributed by atoms with Gasteiger partial charge in [-0.1, -0.05) is 84.4 Å². The molecule has 0 radical (unpaired) electrons. The predicted molar refractivity (Wildman–Crippen MR) is 140 cm³/mol. The van der Waals surface area contributed by atoms with E-state index in [0.717, 1.165) is 16.7 Å². The fraction of sp³-hybridized carbons (Fsp3) is 0.133. The maximum absolute atomic E-state index is 13.0. The molecule has 35 heavy (non-hydrogen) atoms. The van der Waals surface area contributed by atoms with Gasteiger partial charge in [0, 0.05) is 10.6 Å². The molecule has 4 aromatic carbocycles. The van der Waals surface area contributed by atoms with Gasteiger partial charge in [-0.3, -0.25) is 0 Å². The molecule has 4 rings (SSSR count). The van der Waals surface area contributed by atoms with Gasteiger partial charge in [-0.2, -0.15) is 0 Å². The van der Waals surface area contributed by atoms with Crippen LogP contribution >= 0.6 is 11.6 Å². The summed E-state index contributed by atoms with van der Waals surface area (Å²) in [5.74, 6) is -0.960. The van der Waals surface area contributed by atoms with Crippen molar-refractivity contribution in [2.75, 3.05) is 13.2 Å². The molecule has 0 aliphatic carbocycles. The first-order chi connectivity index (χ1) is 17.0. The van der Waals surface area contributed by atoms with Crippen LogP contribution in [0.1, 0.15) is 34.6 Å². The minimum Gasteiger partial charge on any atom is -0.462 e. The van der Waals surface area contributed by atoms with Crippen LogP contribution in [0.2, 0.25) is 5.02 Å². The van der Waals surface area contributed by atoms with E-state index in [1.165, 1.54) is 0 Å². The summed E-state index contributed by atoms with van der Waals surface area (Å²) in [5, 5.41) is 0.466. The van der Waals surface area contributed by atoms with E-state index in [-0.39, 0.29) is 13.2 Å². The van der Waals surface area contributed by atoms with E-state index in [0.29, 0.717) is 32.8 Å². The summed E-state index contributed by atoms with van der Waals surface area (Å²) in [5.41, 5.74) is 5.33. The van der Waals surface area contributed by atoms with Gasteiger partial charge in [0.05, 0.1) is 24.3 Å². The molecular weight excluding hydrogens is 460 g/mol. The van der Waals surface area contributed by atoms with E-state index in [9.17, 15) is 9.59 Å². The van der Waals surface area contributed by atoms with Crippen LogP contribution in [0.3, 0.4) is 0 Å². The number of hydrogen-bond donors (Lipinski definition) is 0. The van der Waals surface area contributed by atoms with Crippen LogP contribution in [0.4, 0.5) is 0 Å². The molecule has 0 saturated carbocycles. The lowest BCUT2D eigenvalue weighted by molar-refractivity contribution is 0.0513. The van der Waals surface area contributed by atoms with Crippen molar-refractivity contribution >= 4 is 23.5 Å². The van der Waals surface area contributed by atoms with Gasteiger partial charge in [0.15, 0.2) is 0 Å². The van der Waals surface area contributed by atoms with E-state index in [2.05, 4.69) is 0 Å². The minimum absolute atomic E-state index is 0.224. The van der Waals surface area contributed by atoms with E-state index >= 15 is 0 Å². The summed E-state index contributed by atoms with van der Waals surface area (Å²) >= 11 is 6.47. The Morgan fingerprint density at radius 2 is 1.09 bits per heavy atom. The van der Waals surface area contributed by atoms with Crippen molar-refractivity contribution in [3.63, 3.8) is 0 Å². The first kappa shape index (κ1) is 24.2. The molecule has 4 nitrogen and oxygen atoms in total. The highest BCUT2D eigenvalue weighted by Crippen LogP contribution is 2.37. The Kier molecular flexibility index (Phi) is 7.64. The van der Waals surface area contributed by atoms with Gasteiger partial charge in [-0.25, -0.2) is 9.59 Å². The Morgan fingerprint density at radius 1 is 0.600 bits per heavy atom. The van der Waals surface area contributed by atoms with E-state index in [4.69, 9.17) is 21.1 Å². The molecule has 0 atom stereocenters.